The molecule has 1 saturated heterocycles. The topological polar surface area (TPSA) is 67.2 Å². The quantitative estimate of drug-likeness (QED) is 0.926. The van der Waals surface area contributed by atoms with E-state index in [1.54, 1.807) is 23.2 Å². The van der Waals surface area contributed by atoms with E-state index in [9.17, 15) is 14.0 Å². The van der Waals surface area contributed by atoms with Crippen molar-refractivity contribution in [3.05, 3.63) is 48.0 Å². The summed E-state index contributed by atoms with van der Waals surface area (Å²) in [5, 5.41) is 6.92. The van der Waals surface area contributed by atoms with Crippen molar-refractivity contribution in [2.24, 2.45) is 0 Å². The highest BCUT2D eigenvalue weighted by atomic mass is 19.1. The van der Waals surface area contributed by atoms with Crippen molar-refractivity contribution in [2.45, 2.75) is 19.4 Å². The van der Waals surface area contributed by atoms with Crippen molar-refractivity contribution in [3.8, 4) is 5.69 Å². The van der Waals surface area contributed by atoms with Gasteiger partial charge in [0, 0.05) is 25.7 Å². The third-order valence-corrected chi connectivity index (χ3v) is 3.85. The molecule has 1 fully saturated rings. The van der Waals surface area contributed by atoms with Gasteiger partial charge in [0.1, 0.15) is 5.82 Å². The Morgan fingerprint density at radius 3 is 3.00 bits per heavy atom. The minimum atomic E-state index is -0.367. The number of carbonyl (C=O) groups excluding carboxylic acids is 2. The highest BCUT2D eigenvalue weighted by Crippen LogP contribution is 2.13. The number of benzene rings is 1. The lowest BCUT2D eigenvalue weighted by Gasteiger charge is -2.14. The standard InChI is InChI=1S/C16H17FN4O2/c1-2-20-10-13(7-15(20)22)19-16(23)11-8-18-21(9-11)14-5-3-4-12(17)6-14/h3-6,8-9,13H,2,7,10H2,1H3,(H,19,23). The maximum Gasteiger partial charge on any atom is 0.254 e. The minimum Gasteiger partial charge on any atom is -0.347 e. The zero-order valence-electron chi connectivity index (χ0n) is 12.7. The minimum absolute atomic E-state index is 0.0493. The van der Waals surface area contributed by atoms with Gasteiger partial charge >= 0.3 is 0 Å². The summed E-state index contributed by atoms with van der Waals surface area (Å²) in [6.45, 7) is 3.08. The van der Waals surface area contributed by atoms with Crippen molar-refractivity contribution < 1.29 is 14.0 Å². The summed E-state index contributed by atoms with van der Waals surface area (Å²) >= 11 is 0. The van der Waals surface area contributed by atoms with Crippen molar-refractivity contribution in [3.63, 3.8) is 0 Å². The Bertz CT molecular complexity index is 743. The smallest absolute Gasteiger partial charge is 0.254 e. The van der Waals surface area contributed by atoms with E-state index in [0.717, 1.165) is 0 Å². The summed E-state index contributed by atoms with van der Waals surface area (Å²) in [5.74, 6) is -0.607. The average Bonchev–Trinajstić information content (AvgIpc) is 3.14. The molecule has 1 atom stereocenters. The van der Waals surface area contributed by atoms with Gasteiger partial charge in [-0.2, -0.15) is 5.10 Å². The molecular formula is C16H17FN4O2. The molecule has 2 amide bonds. The zero-order valence-corrected chi connectivity index (χ0v) is 12.7. The summed E-state index contributed by atoms with van der Waals surface area (Å²) in [6, 6.07) is 5.77. The second-order valence-electron chi connectivity index (χ2n) is 5.46. The SMILES string of the molecule is CCN1CC(NC(=O)c2cnn(-c3cccc(F)c3)c2)CC1=O. The molecule has 7 heteroatoms. The van der Waals surface area contributed by atoms with Crippen molar-refractivity contribution in [1.29, 1.82) is 0 Å². The average molecular weight is 316 g/mol. The van der Waals surface area contributed by atoms with Gasteiger partial charge in [-0.3, -0.25) is 9.59 Å². The van der Waals surface area contributed by atoms with E-state index >= 15 is 0 Å². The molecule has 120 valence electrons. The number of nitrogens with one attached hydrogen (secondary N) is 1. The lowest BCUT2D eigenvalue weighted by atomic mass is 10.2. The van der Waals surface area contributed by atoms with Crippen LogP contribution in [0.1, 0.15) is 23.7 Å². The van der Waals surface area contributed by atoms with E-state index in [-0.39, 0.29) is 23.7 Å². The number of rotatable bonds is 4. The molecule has 1 N–H and O–H groups in total. The fraction of sp³-hybridized carbons (Fsp3) is 0.312. The molecule has 2 heterocycles. The van der Waals surface area contributed by atoms with Gasteiger partial charge in [-0.25, -0.2) is 9.07 Å². The lowest BCUT2D eigenvalue weighted by Crippen LogP contribution is -2.36. The molecule has 0 bridgehead atoms. The van der Waals surface area contributed by atoms with Crippen LogP contribution in [0.5, 0.6) is 0 Å². The van der Waals surface area contributed by atoms with Gasteiger partial charge in [0.05, 0.1) is 23.5 Å². The first-order valence-electron chi connectivity index (χ1n) is 7.46. The fourth-order valence-corrected chi connectivity index (χ4v) is 2.64. The van der Waals surface area contributed by atoms with Crippen LogP contribution < -0.4 is 5.32 Å². The van der Waals surface area contributed by atoms with Gasteiger partial charge in [-0.1, -0.05) is 6.07 Å². The number of amides is 2. The molecule has 0 saturated carbocycles. The largest absolute Gasteiger partial charge is 0.347 e. The predicted octanol–water partition coefficient (Wildman–Crippen LogP) is 1.36. The van der Waals surface area contributed by atoms with Crippen molar-refractivity contribution in [2.75, 3.05) is 13.1 Å². The number of likely N-dealkylation sites (N-methyl/N-ethyl adjacent to an activating group) is 1. The molecule has 23 heavy (non-hydrogen) atoms. The lowest BCUT2D eigenvalue weighted by molar-refractivity contribution is -0.127. The van der Waals surface area contributed by atoms with Crippen LogP contribution in [0.2, 0.25) is 0 Å². The van der Waals surface area contributed by atoms with Crippen LogP contribution in [0.15, 0.2) is 36.7 Å². The highest BCUT2D eigenvalue weighted by Gasteiger charge is 2.29. The van der Waals surface area contributed by atoms with Crippen LogP contribution in [-0.2, 0) is 4.79 Å². The molecule has 0 spiro atoms. The Hall–Kier alpha value is -2.70. The zero-order chi connectivity index (χ0) is 16.4. The third-order valence-electron chi connectivity index (χ3n) is 3.85. The van der Waals surface area contributed by atoms with Crippen LogP contribution in [0.3, 0.4) is 0 Å². The summed E-state index contributed by atoms with van der Waals surface area (Å²) in [4.78, 5) is 25.6. The third kappa shape index (κ3) is 3.23. The maximum atomic E-state index is 13.2. The number of aromatic nitrogens is 2. The summed E-state index contributed by atoms with van der Waals surface area (Å²) in [6.07, 6.45) is 3.28. The molecule has 2 aromatic rings. The first-order chi connectivity index (χ1) is 11.1. The van der Waals surface area contributed by atoms with Gasteiger partial charge in [0.2, 0.25) is 5.91 Å². The first-order valence-corrected chi connectivity index (χ1v) is 7.46. The fourth-order valence-electron chi connectivity index (χ4n) is 2.64. The van der Waals surface area contributed by atoms with Gasteiger partial charge < -0.3 is 10.2 Å². The molecule has 1 aromatic carbocycles. The number of hydrogen-bond donors (Lipinski definition) is 1. The molecule has 1 aliphatic heterocycles. The van der Waals surface area contributed by atoms with Crippen LogP contribution in [-0.4, -0.2) is 45.6 Å². The number of likely N-dealkylation sites (tertiary alicyclic amines) is 1. The molecule has 6 nitrogen and oxygen atoms in total. The normalized spacial score (nSPS) is 17.6. The van der Waals surface area contributed by atoms with Crippen molar-refractivity contribution >= 4 is 11.8 Å². The Morgan fingerprint density at radius 1 is 1.48 bits per heavy atom. The van der Waals surface area contributed by atoms with Gasteiger partial charge in [0.25, 0.3) is 5.91 Å². The Kier molecular flexibility index (Phi) is 4.10. The van der Waals surface area contributed by atoms with Crippen LogP contribution in [0, 0.1) is 5.82 Å². The van der Waals surface area contributed by atoms with Gasteiger partial charge in [0.15, 0.2) is 0 Å². The number of halogens is 1. The Morgan fingerprint density at radius 2 is 2.30 bits per heavy atom. The molecule has 1 aliphatic rings. The van der Waals surface area contributed by atoms with Crippen LogP contribution in [0.4, 0.5) is 4.39 Å². The molecular weight excluding hydrogens is 299 g/mol. The second-order valence-corrected chi connectivity index (χ2v) is 5.46. The molecule has 3 rings (SSSR count). The Balaban J connectivity index is 1.68. The molecule has 0 aliphatic carbocycles. The van der Waals surface area contributed by atoms with Crippen LogP contribution in [0.25, 0.3) is 5.69 Å². The second kappa shape index (κ2) is 6.20. The van der Waals surface area contributed by atoms with E-state index in [1.807, 2.05) is 6.92 Å². The Labute approximate surface area is 132 Å². The monoisotopic (exact) mass is 316 g/mol. The number of carbonyl (C=O) groups is 2. The van der Waals surface area contributed by atoms with Crippen LogP contribution >= 0.6 is 0 Å². The number of nitrogens with zero attached hydrogens (tertiary/aromatic N) is 3. The highest BCUT2D eigenvalue weighted by molar-refractivity contribution is 5.94. The van der Waals surface area contributed by atoms with Gasteiger partial charge in [-0.15, -0.1) is 0 Å². The summed E-state index contributed by atoms with van der Waals surface area (Å²) in [7, 11) is 0. The van der Waals surface area contributed by atoms with Crippen molar-refractivity contribution in [1.82, 2.24) is 20.0 Å². The van der Waals surface area contributed by atoms with E-state index in [4.69, 9.17) is 0 Å². The first kappa shape index (κ1) is 15.2. The van der Waals surface area contributed by atoms with Gasteiger partial charge in [-0.05, 0) is 25.1 Å². The summed E-state index contributed by atoms with van der Waals surface area (Å²) in [5.41, 5.74) is 0.911. The van der Waals surface area contributed by atoms with E-state index < -0.39 is 0 Å². The van der Waals surface area contributed by atoms with E-state index in [2.05, 4.69) is 10.4 Å². The van der Waals surface area contributed by atoms with E-state index in [0.29, 0.717) is 30.8 Å². The molecule has 1 unspecified atom stereocenters. The summed E-state index contributed by atoms with van der Waals surface area (Å²) < 4.78 is 14.7. The maximum absolute atomic E-state index is 13.2. The molecule has 0 radical (unpaired) electrons. The predicted molar refractivity (Wildman–Crippen MR) is 81.6 cm³/mol. The number of hydrogen-bond acceptors (Lipinski definition) is 3. The van der Waals surface area contributed by atoms with E-state index in [1.165, 1.54) is 23.0 Å². The molecule has 1 aromatic heterocycles.